The van der Waals surface area contributed by atoms with Gasteiger partial charge < -0.3 is 30.1 Å². The third kappa shape index (κ3) is 7.15. The van der Waals surface area contributed by atoms with Crippen molar-refractivity contribution in [2.24, 2.45) is 17.8 Å². The first-order valence-electron chi connectivity index (χ1n) is 18.3. The minimum Gasteiger partial charge on any atom is -0.488 e. The summed E-state index contributed by atoms with van der Waals surface area (Å²) in [4.78, 5) is 60.4. The number of carbonyl (C=O) groups is 4. The van der Waals surface area contributed by atoms with Crippen LogP contribution in [0.15, 0.2) is 42.6 Å². The van der Waals surface area contributed by atoms with Crippen LogP contribution in [-0.2, 0) is 24.4 Å². The third-order valence-corrected chi connectivity index (χ3v) is 13.5. The summed E-state index contributed by atoms with van der Waals surface area (Å²) in [7, 11) is -4.00. The van der Waals surface area contributed by atoms with Crippen LogP contribution >= 0.6 is 0 Å². The zero-order chi connectivity index (χ0) is 37.0. The number of allylic oxidation sites excluding steroid dienone is 1. The zero-order valence-corrected chi connectivity index (χ0v) is 30.5. The number of rotatable bonds is 8. The molecule has 0 radical (unpaired) electrons. The molecule has 4 fully saturated rings. The highest BCUT2D eigenvalue weighted by Gasteiger charge is 2.63. The Labute approximate surface area is 303 Å². The van der Waals surface area contributed by atoms with E-state index in [0.717, 1.165) is 24.6 Å². The van der Waals surface area contributed by atoms with E-state index in [1.807, 2.05) is 50.3 Å². The Bertz CT molecular complexity index is 1910. The number of amides is 4. The molecule has 0 spiro atoms. The van der Waals surface area contributed by atoms with E-state index in [4.69, 9.17) is 9.47 Å². The van der Waals surface area contributed by atoms with Gasteiger partial charge in [0.25, 0.3) is 5.91 Å². The molecule has 2 aliphatic heterocycles. The van der Waals surface area contributed by atoms with Crippen LogP contribution in [0.5, 0.6) is 11.6 Å². The van der Waals surface area contributed by atoms with Crippen LogP contribution in [0, 0.1) is 17.8 Å². The smallest absolute Gasteiger partial charge is 0.405 e. The normalized spacial score (nSPS) is 32.2. The van der Waals surface area contributed by atoms with Crippen molar-refractivity contribution in [2.75, 3.05) is 6.54 Å². The quantitative estimate of drug-likeness (QED) is 0.291. The molecule has 4 N–H and O–H groups in total. The number of ether oxygens (including phenoxy) is 2. The van der Waals surface area contributed by atoms with E-state index >= 15 is 0 Å². The van der Waals surface area contributed by atoms with Crippen molar-refractivity contribution in [1.29, 1.82) is 0 Å². The van der Waals surface area contributed by atoms with Gasteiger partial charge in [0, 0.05) is 23.1 Å². The maximum Gasteiger partial charge on any atom is 0.405 e. The lowest BCUT2D eigenvalue weighted by Crippen LogP contribution is -2.59. The number of hydrogen-bond acceptors (Lipinski definition) is 9. The van der Waals surface area contributed by atoms with E-state index < -0.39 is 74.1 Å². The van der Waals surface area contributed by atoms with Crippen LogP contribution in [0.4, 0.5) is 4.79 Å². The van der Waals surface area contributed by atoms with Gasteiger partial charge in [0.2, 0.25) is 27.7 Å². The monoisotopic (exact) mass is 737 g/mol. The van der Waals surface area contributed by atoms with Crippen molar-refractivity contribution >= 4 is 44.6 Å². The molecule has 5 aliphatic rings. The molecular formula is C37H47N5O9S. The fraction of sp³-hybridized carbons (Fsp3) is 0.595. The second-order valence-corrected chi connectivity index (χ2v) is 17.9. The Hall–Kier alpha value is -4.40. The Kier molecular flexibility index (Phi) is 9.37. The van der Waals surface area contributed by atoms with Gasteiger partial charge in [-0.25, -0.2) is 18.2 Å². The molecule has 2 aromatic rings. The van der Waals surface area contributed by atoms with Gasteiger partial charge in [-0.3, -0.25) is 19.1 Å². The Balaban J connectivity index is 1.20. The van der Waals surface area contributed by atoms with E-state index in [9.17, 15) is 32.7 Å². The fourth-order valence-electron chi connectivity index (χ4n) is 7.58. The Morgan fingerprint density at radius 1 is 1.04 bits per heavy atom. The molecule has 15 heteroatoms. The molecule has 4 amide bonds. The third-order valence-electron chi connectivity index (χ3n) is 11.3. The maximum atomic E-state index is 14.4. The largest absolute Gasteiger partial charge is 0.488 e. The topological polar surface area (TPSA) is 193 Å². The van der Waals surface area contributed by atoms with Crippen molar-refractivity contribution in [3.63, 3.8) is 0 Å². The summed E-state index contributed by atoms with van der Waals surface area (Å²) < 4.78 is 39.9. The highest BCUT2D eigenvalue weighted by Crippen LogP contribution is 2.48. The van der Waals surface area contributed by atoms with Crippen LogP contribution < -0.4 is 24.8 Å². The molecule has 3 aliphatic carbocycles. The number of nitrogens with zero attached hydrogens (tertiary/aromatic N) is 2. The SMILES string of the molecule is C[C@@H]1CC/C=C\[C@@H]2C[C@@]2(C(=O)NS(=O)(=O)C2(C)CC2)NC(=O)[C@@H]2C[C@@H](Oc3ncc(OC4CC4)c4ccccc34)CN2C(=O)[C@@H](NC(=O)O)[C@H](C)C1. The van der Waals surface area contributed by atoms with E-state index in [2.05, 4.69) is 20.3 Å². The van der Waals surface area contributed by atoms with Crippen molar-refractivity contribution in [3.8, 4) is 11.6 Å². The second kappa shape index (κ2) is 13.5. The zero-order valence-electron chi connectivity index (χ0n) is 29.7. The van der Waals surface area contributed by atoms with Gasteiger partial charge in [0.05, 0.1) is 23.6 Å². The number of carbonyl (C=O) groups excluding carboxylic acids is 3. The van der Waals surface area contributed by atoms with E-state index in [1.165, 1.54) is 4.90 Å². The molecule has 1 saturated heterocycles. The molecule has 14 nitrogen and oxygen atoms in total. The molecule has 7 atom stereocenters. The van der Waals surface area contributed by atoms with Crippen LogP contribution in [0.1, 0.15) is 78.6 Å². The van der Waals surface area contributed by atoms with E-state index in [0.29, 0.717) is 42.7 Å². The average molecular weight is 738 g/mol. The Morgan fingerprint density at radius 2 is 1.77 bits per heavy atom. The van der Waals surface area contributed by atoms with E-state index in [1.54, 1.807) is 13.1 Å². The van der Waals surface area contributed by atoms with Crippen molar-refractivity contribution in [2.45, 2.75) is 113 Å². The van der Waals surface area contributed by atoms with Gasteiger partial charge in [-0.1, -0.05) is 44.2 Å². The standard InChI is InChI=1S/C37H47N5O9S/c1-21-8-4-5-9-23-18-37(23,34(45)41-52(48,49)36(3)14-15-36)40-31(43)28-17-25(20-42(28)33(44)30(22(2)16-21)39-35(46)47)51-32-27-11-7-6-10-26(27)29(19-38-32)50-24-12-13-24/h5-7,9-11,19,21-25,28,30,39H,4,8,12-18,20H2,1-3H3,(H,40,43)(H,41,45)(H,46,47)/b9-5-/t21-,22-,23-,25-,28+,30+,37-/m1/s1. The minimum atomic E-state index is -4.00. The summed E-state index contributed by atoms with van der Waals surface area (Å²) in [5.74, 6) is -1.84. The molecule has 0 unspecified atom stereocenters. The highest BCUT2D eigenvalue weighted by atomic mass is 32.2. The number of benzene rings is 1. The highest BCUT2D eigenvalue weighted by molar-refractivity contribution is 7.91. The molecule has 1 aromatic heterocycles. The summed E-state index contributed by atoms with van der Waals surface area (Å²) >= 11 is 0. The van der Waals surface area contributed by atoms with Gasteiger partial charge in [0.15, 0.2) is 0 Å². The summed E-state index contributed by atoms with van der Waals surface area (Å²) in [5.41, 5.74) is -1.54. The molecule has 280 valence electrons. The van der Waals surface area contributed by atoms with Gasteiger partial charge >= 0.3 is 6.09 Å². The lowest BCUT2D eigenvalue weighted by molar-refractivity contribution is -0.142. The van der Waals surface area contributed by atoms with Crippen LogP contribution in [0.2, 0.25) is 0 Å². The van der Waals surface area contributed by atoms with Crippen molar-refractivity contribution in [3.05, 3.63) is 42.6 Å². The number of nitrogens with one attached hydrogen (secondary N) is 3. The van der Waals surface area contributed by atoms with E-state index in [-0.39, 0.29) is 31.4 Å². The lowest BCUT2D eigenvalue weighted by Gasteiger charge is -2.32. The van der Waals surface area contributed by atoms with Gasteiger partial charge in [0.1, 0.15) is 29.5 Å². The Morgan fingerprint density at radius 3 is 2.46 bits per heavy atom. The minimum absolute atomic E-state index is 0.0209. The number of fused-ring (bicyclic) bond motifs is 3. The first kappa shape index (κ1) is 36.0. The number of aromatic nitrogens is 1. The maximum absolute atomic E-state index is 14.4. The van der Waals surface area contributed by atoms with Crippen LogP contribution in [0.3, 0.4) is 0 Å². The number of hydrogen-bond donors (Lipinski definition) is 4. The second-order valence-electron chi connectivity index (χ2n) is 15.7. The van der Waals surface area contributed by atoms with Crippen molar-refractivity contribution < 1.29 is 42.2 Å². The first-order chi connectivity index (χ1) is 24.7. The van der Waals surface area contributed by atoms with Gasteiger partial charge in [-0.2, -0.15) is 0 Å². The van der Waals surface area contributed by atoms with Gasteiger partial charge in [-0.05, 0) is 76.2 Å². The number of carboxylic acid groups (broad SMARTS) is 1. The molecule has 0 bridgehead atoms. The molecule has 3 heterocycles. The summed E-state index contributed by atoms with van der Waals surface area (Å²) in [6.07, 6.45) is 8.44. The molecule has 7 rings (SSSR count). The fourth-order valence-corrected chi connectivity index (χ4v) is 8.89. The predicted molar refractivity (Wildman–Crippen MR) is 190 cm³/mol. The summed E-state index contributed by atoms with van der Waals surface area (Å²) in [5, 5.41) is 16.6. The number of pyridine rings is 1. The lowest BCUT2D eigenvalue weighted by atomic mass is 9.88. The predicted octanol–water partition coefficient (Wildman–Crippen LogP) is 3.65. The van der Waals surface area contributed by atoms with Crippen molar-refractivity contribution in [1.82, 2.24) is 25.2 Å². The van der Waals surface area contributed by atoms with Gasteiger partial charge in [-0.15, -0.1) is 0 Å². The molecule has 52 heavy (non-hydrogen) atoms. The van der Waals surface area contributed by atoms with Crippen LogP contribution in [0.25, 0.3) is 10.8 Å². The summed E-state index contributed by atoms with van der Waals surface area (Å²) in [6, 6.07) is 5.22. The van der Waals surface area contributed by atoms with Crippen LogP contribution in [-0.4, -0.2) is 88.3 Å². The first-order valence-corrected chi connectivity index (χ1v) is 19.7. The average Bonchev–Trinajstić information content (AvgIpc) is 4.04. The molecule has 1 aromatic carbocycles. The number of sulfonamides is 1. The summed E-state index contributed by atoms with van der Waals surface area (Å²) in [6.45, 7) is 5.38. The molecule has 3 saturated carbocycles. The molecular weight excluding hydrogens is 691 g/mol.